The molecule has 0 amide bonds. The molecule has 0 aliphatic carbocycles. The Morgan fingerprint density at radius 2 is 1.82 bits per heavy atom. The van der Waals surface area contributed by atoms with E-state index in [2.05, 4.69) is 11.4 Å². The van der Waals surface area contributed by atoms with E-state index < -0.39 is 0 Å². The molecule has 4 nitrogen and oxygen atoms in total. The van der Waals surface area contributed by atoms with E-state index in [-0.39, 0.29) is 5.70 Å². The number of hydrogen-bond donors (Lipinski definition) is 3. The average Bonchev–Trinajstić information content (AvgIpc) is 2.57. The lowest BCUT2D eigenvalue weighted by molar-refractivity contribution is 0.810. The summed E-state index contributed by atoms with van der Waals surface area (Å²) in [6.45, 7) is 2.88. The van der Waals surface area contributed by atoms with Crippen LogP contribution in [0.3, 0.4) is 0 Å². The van der Waals surface area contributed by atoms with Crippen LogP contribution in [0, 0.1) is 18.3 Å². The number of rotatable bonds is 0. The van der Waals surface area contributed by atoms with Crippen LogP contribution in [-0.2, 0) is 6.42 Å². The molecule has 112 valence electrons. The maximum atomic E-state index is 8.74. The smallest absolute Gasteiger partial charge is 0.135 e. The topological polar surface area (TPSA) is 87.9 Å². The summed E-state index contributed by atoms with van der Waals surface area (Å²) in [6, 6.07) is 17.8. The quantitative estimate of drug-likeness (QED) is 0.514. The molecule has 4 heteroatoms. The van der Waals surface area contributed by atoms with Crippen molar-refractivity contribution in [2.45, 2.75) is 13.3 Å². The monoisotopic (exact) mass is 292 g/mol. The number of anilines is 1. The van der Waals surface area contributed by atoms with Gasteiger partial charge in [0.1, 0.15) is 11.8 Å². The minimum absolute atomic E-state index is 0.261. The number of nitrogens with one attached hydrogen (secondary N) is 1. The Bertz CT molecular complexity index is 688. The zero-order chi connectivity index (χ0) is 15.9. The first kappa shape index (κ1) is 15.5. The first-order valence-corrected chi connectivity index (χ1v) is 7.16. The molecule has 0 fully saturated rings. The molecule has 1 heterocycles. The number of nitrogens with two attached hydrogens (primary N) is 2. The first-order valence-electron chi connectivity index (χ1n) is 7.16. The van der Waals surface area contributed by atoms with E-state index in [4.69, 9.17) is 16.7 Å². The number of aryl methyl sites for hydroxylation is 1. The zero-order valence-electron chi connectivity index (χ0n) is 12.6. The van der Waals surface area contributed by atoms with E-state index in [1.807, 2.05) is 55.5 Å². The van der Waals surface area contributed by atoms with Crippen molar-refractivity contribution in [3.05, 3.63) is 70.9 Å². The Morgan fingerprint density at radius 1 is 1.14 bits per heavy atom. The summed E-state index contributed by atoms with van der Waals surface area (Å²) < 4.78 is 0. The molecule has 1 aliphatic heterocycles. The number of nitriles is 1. The molecular weight excluding hydrogens is 272 g/mol. The molecule has 0 unspecified atom stereocenters. The summed E-state index contributed by atoms with van der Waals surface area (Å²) in [6.07, 6.45) is 0.985. The van der Waals surface area contributed by atoms with Crippen LogP contribution in [0.25, 0.3) is 5.70 Å². The molecule has 0 atom stereocenters. The van der Waals surface area contributed by atoms with Gasteiger partial charge in [0.05, 0.1) is 5.70 Å². The van der Waals surface area contributed by atoms with Gasteiger partial charge in [-0.05, 0) is 31.0 Å². The predicted molar refractivity (Wildman–Crippen MR) is 90.5 cm³/mol. The van der Waals surface area contributed by atoms with Crippen molar-refractivity contribution in [2.24, 2.45) is 5.73 Å². The van der Waals surface area contributed by atoms with Gasteiger partial charge in [-0.3, -0.25) is 0 Å². The summed E-state index contributed by atoms with van der Waals surface area (Å²) in [4.78, 5) is 0. The number of nitrogens with zero attached hydrogens (tertiary/aromatic N) is 1. The molecule has 1 aliphatic rings. The minimum Gasteiger partial charge on any atom is -0.399 e. The highest BCUT2D eigenvalue weighted by atomic mass is 14.9. The Labute approximate surface area is 131 Å². The molecule has 22 heavy (non-hydrogen) atoms. The van der Waals surface area contributed by atoms with Gasteiger partial charge in [-0.15, -0.1) is 0 Å². The van der Waals surface area contributed by atoms with Gasteiger partial charge in [-0.1, -0.05) is 42.0 Å². The van der Waals surface area contributed by atoms with Crippen LogP contribution in [0.1, 0.15) is 16.7 Å². The number of nitrogen functional groups attached to an aromatic ring is 1. The zero-order valence-corrected chi connectivity index (χ0v) is 12.6. The fourth-order valence-electron chi connectivity index (χ4n) is 2.26. The number of hydrogen-bond acceptors (Lipinski definition) is 4. The fourth-order valence-corrected chi connectivity index (χ4v) is 2.26. The van der Waals surface area contributed by atoms with E-state index in [1.165, 1.54) is 11.1 Å². The highest BCUT2D eigenvalue weighted by Gasteiger charge is 2.14. The molecule has 2 aromatic rings. The number of allylic oxidation sites excluding steroid dienone is 1. The van der Waals surface area contributed by atoms with Gasteiger partial charge in [0.25, 0.3) is 0 Å². The molecule has 0 saturated carbocycles. The highest BCUT2D eigenvalue weighted by molar-refractivity contribution is 5.73. The van der Waals surface area contributed by atoms with Crippen molar-refractivity contribution in [1.29, 1.82) is 5.26 Å². The summed E-state index contributed by atoms with van der Waals surface area (Å²) in [5.74, 6) is 0. The van der Waals surface area contributed by atoms with Gasteiger partial charge < -0.3 is 16.8 Å². The summed E-state index contributed by atoms with van der Waals surface area (Å²) in [5, 5.41) is 11.9. The predicted octanol–water partition coefficient (Wildman–Crippen LogP) is 2.56. The van der Waals surface area contributed by atoms with E-state index in [9.17, 15) is 0 Å². The minimum atomic E-state index is 0.261. The molecule has 5 N–H and O–H groups in total. The Hall–Kier alpha value is -2.93. The fraction of sp³-hybridized carbons (Fsp3) is 0.167. The van der Waals surface area contributed by atoms with Crippen LogP contribution in [0.2, 0.25) is 0 Å². The van der Waals surface area contributed by atoms with Gasteiger partial charge in [-0.25, -0.2) is 0 Å². The van der Waals surface area contributed by atoms with E-state index in [1.54, 1.807) is 0 Å². The van der Waals surface area contributed by atoms with Crippen LogP contribution in [0.5, 0.6) is 0 Å². The van der Waals surface area contributed by atoms with Gasteiger partial charge in [-0.2, -0.15) is 5.26 Å². The van der Waals surface area contributed by atoms with Gasteiger partial charge in [0.15, 0.2) is 0 Å². The van der Waals surface area contributed by atoms with Crippen molar-refractivity contribution < 1.29 is 0 Å². The highest BCUT2D eigenvalue weighted by Crippen LogP contribution is 2.22. The van der Waals surface area contributed by atoms with Crippen LogP contribution in [-0.4, -0.2) is 6.54 Å². The summed E-state index contributed by atoms with van der Waals surface area (Å²) in [5.41, 5.74) is 16.5. The third-order valence-corrected chi connectivity index (χ3v) is 3.45. The normalized spacial score (nSPS) is 14.5. The molecule has 3 rings (SSSR count). The Balaban J connectivity index is 0.000000188. The lowest BCUT2D eigenvalue weighted by atomic mass is 9.97. The maximum absolute atomic E-state index is 8.74. The third-order valence-electron chi connectivity index (χ3n) is 3.45. The Kier molecular flexibility index (Phi) is 5.05. The Morgan fingerprint density at radius 3 is 2.45 bits per heavy atom. The molecule has 0 bridgehead atoms. The molecule has 0 aromatic heterocycles. The SMILES string of the molecule is Cc1ccc(N)cc1.N#C/C(N)=C1\NCCc2ccccc21. The second kappa shape index (κ2) is 7.19. The summed E-state index contributed by atoms with van der Waals surface area (Å²) >= 11 is 0. The van der Waals surface area contributed by atoms with Crippen molar-refractivity contribution in [3.8, 4) is 6.07 Å². The number of fused-ring (bicyclic) bond motifs is 1. The molecule has 0 saturated heterocycles. The summed E-state index contributed by atoms with van der Waals surface area (Å²) in [7, 11) is 0. The number of benzene rings is 2. The second-order valence-corrected chi connectivity index (χ2v) is 5.15. The lowest BCUT2D eigenvalue weighted by Crippen LogP contribution is -2.25. The van der Waals surface area contributed by atoms with Crippen molar-refractivity contribution in [2.75, 3.05) is 12.3 Å². The maximum Gasteiger partial charge on any atom is 0.135 e. The molecule has 0 spiro atoms. The molecule has 2 aromatic carbocycles. The van der Waals surface area contributed by atoms with Gasteiger partial charge >= 0.3 is 0 Å². The first-order chi connectivity index (χ1) is 10.6. The van der Waals surface area contributed by atoms with Crippen molar-refractivity contribution in [1.82, 2.24) is 5.32 Å². The van der Waals surface area contributed by atoms with Gasteiger partial charge in [0, 0.05) is 17.8 Å². The largest absolute Gasteiger partial charge is 0.399 e. The van der Waals surface area contributed by atoms with Gasteiger partial charge in [0.2, 0.25) is 0 Å². The third kappa shape index (κ3) is 3.80. The standard InChI is InChI=1S/C11H11N3.C7H9N/c12-7-10(13)11-9-4-2-1-3-8(9)5-6-14-11;1-6-2-4-7(8)5-3-6/h1-4,14H,5-6,13H2;2-5H,8H2,1H3/b11-10+;. The van der Waals surface area contributed by atoms with Crippen LogP contribution in [0.15, 0.2) is 54.2 Å². The van der Waals surface area contributed by atoms with Crippen LogP contribution < -0.4 is 16.8 Å². The molecular formula is C18H20N4. The average molecular weight is 292 g/mol. The van der Waals surface area contributed by atoms with E-state index in [0.29, 0.717) is 0 Å². The van der Waals surface area contributed by atoms with E-state index in [0.717, 1.165) is 29.9 Å². The van der Waals surface area contributed by atoms with Crippen molar-refractivity contribution in [3.63, 3.8) is 0 Å². The van der Waals surface area contributed by atoms with E-state index >= 15 is 0 Å². The van der Waals surface area contributed by atoms with Crippen molar-refractivity contribution >= 4 is 11.4 Å². The molecule has 0 radical (unpaired) electrons. The van der Waals surface area contributed by atoms with Crippen LogP contribution in [0.4, 0.5) is 5.69 Å². The second-order valence-electron chi connectivity index (χ2n) is 5.15. The lowest BCUT2D eigenvalue weighted by Gasteiger charge is -2.21. The van der Waals surface area contributed by atoms with Crippen LogP contribution >= 0.6 is 0 Å².